The van der Waals surface area contributed by atoms with Gasteiger partial charge in [0, 0.05) is 30.6 Å². The lowest BCUT2D eigenvalue weighted by Gasteiger charge is -2.33. The minimum Gasteiger partial charge on any atom is -0.491 e. The third-order valence-corrected chi connectivity index (χ3v) is 6.04. The Labute approximate surface area is 161 Å². The maximum atomic E-state index is 13.9. The summed E-state index contributed by atoms with van der Waals surface area (Å²) in [6, 6.07) is 8.20. The quantitative estimate of drug-likeness (QED) is 0.804. The average Bonchev–Trinajstić information content (AvgIpc) is 3.18. The lowest BCUT2D eigenvalue weighted by atomic mass is 10.2. The summed E-state index contributed by atoms with van der Waals surface area (Å²) in [5.74, 6) is 0.0342. The fourth-order valence-corrected chi connectivity index (χ4v) is 4.68. The second-order valence-electron chi connectivity index (χ2n) is 6.92. The van der Waals surface area contributed by atoms with E-state index in [0.29, 0.717) is 28.8 Å². The van der Waals surface area contributed by atoms with Gasteiger partial charge < -0.3 is 14.6 Å². The Bertz CT molecular complexity index is 759. The molecule has 26 heavy (non-hydrogen) atoms. The summed E-state index contributed by atoms with van der Waals surface area (Å²) >= 11 is 7.34. The molecule has 0 spiro atoms. The molecule has 2 fully saturated rings. The zero-order valence-electron chi connectivity index (χ0n) is 14.2. The van der Waals surface area contributed by atoms with Crippen LogP contribution in [0.5, 0.6) is 5.75 Å². The van der Waals surface area contributed by atoms with Crippen molar-refractivity contribution >= 4 is 22.9 Å². The molecule has 2 bridgehead atoms. The van der Waals surface area contributed by atoms with Crippen LogP contribution in [0.25, 0.3) is 10.4 Å². The molecule has 3 heterocycles. The first-order valence-corrected chi connectivity index (χ1v) is 9.99. The van der Waals surface area contributed by atoms with Crippen LogP contribution < -0.4 is 4.74 Å². The molecule has 1 aromatic heterocycles. The van der Waals surface area contributed by atoms with Crippen LogP contribution in [0.2, 0.25) is 4.34 Å². The van der Waals surface area contributed by atoms with Crippen molar-refractivity contribution in [1.82, 2.24) is 4.90 Å². The molecular weight excluding hydrogens is 377 g/mol. The third-order valence-electron chi connectivity index (χ3n) is 4.76. The normalized spacial score (nSPS) is 24.0. The van der Waals surface area contributed by atoms with Crippen molar-refractivity contribution in [2.45, 2.75) is 31.2 Å². The van der Waals surface area contributed by atoms with Gasteiger partial charge in [-0.05, 0) is 42.7 Å². The van der Waals surface area contributed by atoms with Crippen LogP contribution in [-0.4, -0.2) is 54.6 Å². The van der Waals surface area contributed by atoms with Gasteiger partial charge in [-0.25, -0.2) is 4.39 Å². The molecular formula is C19H21ClFNO3S. The minimum atomic E-state index is -0.629. The monoisotopic (exact) mass is 397 g/mol. The summed E-state index contributed by atoms with van der Waals surface area (Å²) in [6.07, 6.45) is 2.17. The number of aliphatic hydroxyl groups excluding tert-OH is 1. The Kier molecular flexibility index (Phi) is 5.47. The zero-order valence-corrected chi connectivity index (χ0v) is 15.8. The Hall–Kier alpha value is -1.18. The summed E-state index contributed by atoms with van der Waals surface area (Å²) < 4.78 is 26.0. The van der Waals surface area contributed by atoms with Gasteiger partial charge in [0.1, 0.15) is 24.3 Å². The number of likely N-dealkylation sites (tertiary alicyclic amines) is 1. The van der Waals surface area contributed by atoms with Gasteiger partial charge in [-0.15, -0.1) is 11.3 Å². The highest BCUT2D eigenvalue weighted by Gasteiger charge is 2.34. The first-order valence-electron chi connectivity index (χ1n) is 8.80. The summed E-state index contributed by atoms with van der Waals surface area (Å²) in [7, 11) is 0. The van der Waals surface area contributed by atoms with E-state index in [2.05, 4.69) is 4.90 Å². The van der Waals surface area contributed by atoms with Gasteiger partial charge in [-0.2, -0.15) is 0 Å². The molecule has 2 aliphatic heterocycles. The van der Waals surface area contributed by atoms with E-state index in [1.54, 1.807) is 12.1 Å². The van der Waals surface area contributed by atoms with Crippen molar-refractivity contribution < 1.29 is 19.0 Å². The molecule has 4 rings (SSSR count). The fraction of sp³-hybridized carbons (Fsp3) is 0.474. The molecule has 2 saturated heterocycles. The number of ether oxygens (including phenoxy) is 2. The number of nitrogens with zero attached hydrogens (tertiary/aromatic N) is 1. The topological polar surface area (TPSA) is 41.9 Å². The van der Waals surface area contributed by atoms with E-state index in [9.17, 15) is 9.50 Å². The second kappa shape index (κ2) is 7.82. The van der Waals surface area contributed by atoms with Crippen molar-refractivity contribution in [3.8, 4) is 16.2 Å². The molecule has 1 N–H and O–H groups in total. The molecule has 7 heteroatoms. The van der Waals surface area contributed by atoms with E-state index < -0.39 is 6.10 Å². The van der Waals surface area contributed by atoms with Gasteiger partial charge in [0.05, 0.1) is 16.5 Å². The lowest BCUT2D eigenvalue weighted by Crippen LogP contribution is -2.46. The molecule has 140 valence electrons. The van der Waals surface area contributed by atoms with E-state index in [1.807, 2.05) is 6.07 Å². The van der Waals surface area contributed by atoms with Gasteiger partial charge in [-0.1, -0.05) is 11.6 Å². The van der Waals surface area contributed by atoms with Crippen LogP contribution in [0.1, 0.15) is 12.8 Å². The van der Waals surface area contributed by atoms with Gasteiger partial charge in [0.2, 0.25) is 0 Å². The Morgan fingerprint density at radius 3 is 2.73 bits per heavy atom. The Balaban J connectivity index is 1.34. The molecule has 3 atom stereocenters. The molecule has 4 nitrogen and oxygen atoms in total. The number of hydrogen-bond donors (Lipinski definition) is 1. The first-order chi connectivity index (χ1) is 12.5. The predicted octanol–water partition coefficient (Wildman–Crippen LogP) is 3.81. The highest BCUT2D eigenvalue weighted by Crippen LogP contribution is 2.33. The Morgan fingerprint density at radius 1 is 1.27 bits per heavy atom. The number of aliphatic hydroxyl groups is 1. The number of halogens is 2. The smallest absolute Gasteiger partial charge is 0.127 e. The standard InChI is InChI=1S/C19H21ClFNO3S/c20-19-4-3-18(26-19)12-5-13(21)7-17(6-12)24-11-14(23)8-22-9-15-1-2-16(10-22)25-15/h3-7,14-16,23H,1-2,8-11H2/t14?,15-,16+. The SMILES string of the molecule is OC(COc1cc(F)cc(-c2ccc(Cl)s2)c1)CN1C[C@H]2CC[C@@H](C1)O2. The lowest BCUT2D eigenvalue weighted by molar-refractivity contribution is -0.0528. The van der Waals surface area contributed by atoms with E-state index in [-0.39, 0.29) is 12.4 Å². The van der Waals surface area contributed by atoms with E-state index >= 15 is 0 Å². The van der Waals surface area contributed by atoms with Crippen molar-refractivity contribution in [3.63, 3.8) is 0 Å². The molecule has 1 aromatic carbocycles. The fourth-order valence-electron chi connectivity index (χ4n) is 3.65. The molecule has 2 aromatic rings. The van der Waals surface area contributed by atoms with Crippen LogP contribution in [0.15, 0.2) is 30.3 Å². The number of rotatable bonds is 6. The predicted molar refractivity (Wildman–Crippen MR) is 101 cm³/mol. The molecule has 0 aliphatic carbocycles. The summed E-state index contributed by atoms with van der Waals surface area (Å²) in [4.78, 5) is 3.11. The van der Waals surface area contributed by atoms with Crippen molar-refractivity contribution in [1.29, 1.82) is 0 Å². The number of fused-ring (bicyclic) bond motifs is 2. The van der Waals surface area contributed by atoms with Crippen LogP contribution in [0, 0.1) is 5.82 Å². The summed E-state index contributed by atoms with van der Waals surface area (Å²) in [5, 5.41) is 10.3. The molecule has 0 amide bonds. The van der Waals surface area contributed by atoms with E-state index in [1.165, 1.54) is 23.5 Å². The highest BCUT2D eigenvalue weighted by molar-refractivity contribution is 7.19. The minimum absolute atomic E-state index is 0.126. The number of thiophene rings is 1. The number of β-amino-alcohol motifs (C(OH)–C–C–N with tert-alkyl or cyclic N) is 1. The van der Waals surface area contributed by atoms with Gasteiger partial charge in [0.25, 0.3) is 0 Å². The zero-order chi connectivity index (χ0) is 18.1. The van der Waals surface area contributed by atoms with Gasteiger partial charge in [-0.3, -0.25) is 4.90 Å². The maximum absolute atomic E-state index is 13.9. The molecule has 1 unspecified atom stereocenters. The number of morpholine rings is 1. The first kappa shape index (κ1) is 18.2. The molecule has 0 saturated carbocycles. The van der Waals surface area contributed by atoms with Gasteiger partial charge >= 0.3 is 0 Å². The van der Waals surface area contributed by atoms with Gasteiger partial charge in [0.15, 0.2) is 0 Å². The largest absolute Gasteiger partial charge is 0.491 e. The van der Waals surface area contributed by atoms with Crippen molar-refractivity contribution in [2.75, 3.05) is 26.2 Å². The van der Waals surface area contributed by atoms with Crippen molar-refractivity contribution in [3.05, 3.63) is 40.5 Å². The van der Waals surface area contributed by atoms with Crippen LogP contribution >= 0.6 is 22.9 Å². The second-order valence-corrected chi connectivity index (χ2v) is 8.64. The number of benzene rings is 1. The summed E-state index contributed by atoms with van der Waals surface area (Å²) in [5.41, 5.74) is 0.719. The van der Waals surface area contributed by atoms with Crippen LogP contribution in [-0.2, 0) is 4.74 Å². The van der Waals surface area contributed by atoms with Crippen molar-refractivity contribution in [2.24, 2.45) is 0 Å². The number of hydrogen-bond acceptors (Lipinski definition) is 5. The molecule has 2 aliphatic rings. The van der Waals surface area contributed by atoms with Crippen LogP contribution in [0.4, 0.5) is 4.39 Å². The summed E-state index contributed by atoms with van der Waals surface area (Å²) in [6.45, 7) is 2.38. The average molecular weight is 398 g/mol. The molecule has 0 radical (unpaired) electrons. The maximum Gasteiger partial charge on any atom is 0.127 e. The third kappa shape index (κ3) is 4.38. The van der Waals surface area contributed by atoms with Crippen LogP contribution in [0.3, 0.4) is 0 Å². The van der Waals surface area contributed by atoms with E-state index in [0.717, 1.165) is 36.4 Å². The Morgan fingerprint density at radius 2 is 2.04 bits per heavy atom. The van der Waals surface area contributed by atoms with E-state index in [4.69, 9.17) is 21.1 Å². The highest BCUT2D eigenvalue weighted by atomic mass is 35.5.